The second-order valence-corrected chi connectivity index (χ2v) is 8.00. The number of carboxylic acid groups (broad SMARTS) is 1. The Balaban J connectivity index is 1.67. The fourth-order valence-corrected chi connectivity index (χ4v) is 3.96. The van der Waals surface area contributed by atoms with Crippen molar-refractivity contribution in [2.75, 3.05) is 12.4 Å². The van der Waals surface area contributed by atoms with Crippen molar-refractivity contribution in [3.8, 4) is 28.3 Å². The van der Waals surface area contributed by atoms with Crippen LogP contribution in [0, 0.1) is 5.82 Å². The maximum absolute atomic E-state index is 14.1. The number of fused-ring (bicyclic) bond motifs is 1. The largest absolute Gasteiger partial charge is 0.481 e. The van der Waals surface area contributed by atoms with Crippen molar-refractivity contribution in [1.29, 1.82) is 0 Å². The van der Waals surface area contributed by atoms with E-state index < -0.39 is 17.8 Å². The lowest BCUT2D eigenvalue weighted by molar-refractivity contribution is -0.137. The number of benzene rings is 2. The first-order valence-corrected chi connectivity index (χ1v) is 10.7. The number of rotatable bonds is 7. The molecule has 170 valence electrons. The molecule has 1 unspecified atom stereocenters. The number of ether oxygens (including phenoxy) is 1. The number of nitrogens with zero attached hydrogens (tertiary/aromatic N) is 3. The summed E-state index contributed by atoms with van der Waals surface area (Å²) in [5.41, 5.74) is 5.08. The van der Waals surface area contributed by atoms with Gasteiger partial charge in [0.05, 0.1) is 24.0 Å². The SMILES string of the molecule is COc1ncccc1-c1ccc(-c2nc3ccc(F)cc3c(N[C@H](C)C(=O)O)c2C2C=N2)cc1. The Hall–Kier alpha value is -4.33. The number of halogens is 1. The summed E-state index contributed by atoms with van der Waals surface area (Å²) in [7, 11) is 1.58. The standard InChI is InChI=1S/C26H21FN4O3/c1-14(26(32)33)30-24-19-12-17(27)9-10-20(19)31-23(22(24)21-13-29-21)16-7-5-15(6-8-16)18-4-3-11-28-25(18)34-2/h3-14,21H,1-2H3,(H,30,31)(H,32,33)/t14-,21?/m1/s1. The summed E-state index contributed by atoms with van der Waals surface area (Å²) in [5, 5.41) is 13.1. The molecule has 3 heterocycles. The number of hydrogen-bond acceptors (Lipinski definition) is 6. The minimum Gasteiger partial charge on any atom is -0.481 e. The monoisotopic (exact) mass is 456 g/mol. The summed E-state index contributed by atoms with van der Waals surface area (Å²) in [4.78, 5) is 25.0. The third-order valence-corrected chi connectivity index (χ3v) is 5.74. The third kappa shape index (κ3) is 3.94. The molecule has 0 saturated carbocycles. The maximum Gasteiger partial charge on any atom is 0.325 e. The first-order valence-electron chi connectivity index (χ1n) is 10.7. The van der Waals surface area contributed by atoms with Gasteiger partial charge in [-0.3, -0.25) is 9.79 Å². The molecule has 5 rings (SSSR count). The molecule has 0 radical (unpaired) electrons. The summed E-state index contributed by atoms with van der Waals surface area (Å²) in [5.74, 6) is -0.909. The number of hydrogen-bond donors (Lipinski definition) is 2. The minimum absolute atomic E-state index is 0.253. The average Bonchev–Trinajstić information content (AvgIpc) is 3.69. The van der Waals surface area contributed by atoms with Crippen LogP contribution in [0.1, 0.15) is 18.5 Å². The Labute approximate surface area is 195 Å². The molecule has 2 N–H and O–H groups in total. The van der Waals surface area contributed by atoms with Crippen LogP contribution >= 0.6 is 0 Å². The highest BCUT2D eigenvalue weighted by atomic mass is 19.1. The van der Waals surface area contributed by atoms with Gasteiger partial charge in [0.25, 0.3) is 0 Å². The molecule has 0 bridgehead atoms. The van der Waals surface area contributed by atoms with Crippen LogP contribution in [0.4, 0.5) is 10.1 Å². The number of methoxy groups -OCH3 is 1. The van der Waals surface area contributed by atoms with Crippen molar-refractivity contribution in [3.63, 3.8) is 0 Å². The lowest BCUT2D eigenvalue weighted by Crippen LogP contribution is -2.26. The summed E-state index contributed by atoms with van der Waals surface area (Å²) in [6.07, 6.45) is 3.43. The molecule has 0 fully saturated rings. The van der Waals surface area contributed by atoms with E-state index in [2.05, 4.69) is 15.3 Å². The van der Waals surface area contributed by atoms with E-state index in [9.17, 15) is 14.3 Å². The molecule has 2 aromatic carbocycles. The number of aliphatic carboxylic acids is 1. The highest BCUT2D eigenvalue weighted by Gasteiger charge is 2.29. The molecule has 0 spiro atoms. The first-order chi connectivity index (χ1) is 16.5. The summed E-state index contributed by atoms with van der Waals surface area (Å²) in [6.45, 7) is 1.54. The van der Waals surface area contributed by atoms with E-state index in [-0.39, 0.29) is 6.04 Å². The topological polar surface area (TPSA) is 96.7 Å². The number of carboxylic acids is 1. The van der Waals surface area contributed by atoms with Crippen molar-refractivity contribution in [3.05, 3.63) is 72.2 Å². The fourth-order valence-electron chi connectivity index (χ4n) is 3.96. The van der Waals surface area contributed by atoms with Gasteiger partial charge in [-0.05, 0) is 42.8 Å². The van der Waals surface area contributed by atoms with Crippen molar-refractivity contribution < 1.29 is 19.0 Å². The predicted molar refractivity (Wildman–Crippen MR) is 129 cm³/mol. The molecular formula is C26H21FN4O3. The number of nitrogens with one attached hydrogen (secondary N) is 1. The molecule has 34 heavy (non-hydrogen) atoms. The number of carbonyl (C=O) groups is 1. The van der Waals surface area contributed by atoms with E-state index in [1.54, 1.807) is 32.5 Å². The van der Waals surface area contributed by atoms with Crippen molar-refractivity contribution >= 4 is 28.8 Å². The molecule has 0 amide bonds. The molecule has 0 saturated heterocycles. The van der Waals surface area contributed by atoms with Crippen LogP contribution in [0.25, 0.3) is 33.3 Å². The van der Waals surface area contributed by atoms with Crippen LogP contribution < -0.4 is 10.1 Å². The molecule has 2 atom stereocenters. The molecule has 1 aliphatic heterocycles. The third-order valence-electron chi connectivity index (χ3n) is 5.74. The minimum atomic E-state index is -1.01. The van der Waals surface area contributed by atoms with E-state index in [1.807, 2.05) is 36.4 Å². The van der Waals surface area contributed by atoms with Gasteiger partial charge in [0.1, 0.15) is 17.9 Å². The second kappa shape index (κ2) is 8.55. The van der Waals surface area contributed by atoms with Crippen LogP contribution in [-0.2, 0) is 4.79 Å². The molecule has 7 nitrogen and oxygen atoms in total. The quantitative estimate of drug-likeness (QED) is 0.401. The molecule has 8 heteroatoms. The molecule has 4 aromatic rings. The second-order valence-electron chi connectivity index (χ2n) is 8.00. The van der Waals surface area contributed by atoms with Gasteiger partial charge in [-0.2, -0.15) is 0 Å². The Morgan fingerprint density at radius 2 is 1.88 bits per heavy atom. The molecule has 1 aliphatic rings. The summed E-state index contributed by atoms with van der Waals surface area (Å²) < 4.78 is 19.5. The van der Waals surface area contributed by atoms with Crippen LogP contribution in [-0.4, -0.2) is 40.4 Å². The normalized spacial score (nSPS) is 15.2. The van der Waals surface area contributed by atoms with Gasteiger partial charge in [0.2, 0.25) is 5.88 Å². The van der Waals surface area contributed by atoms with Crippen molar-refractivity contribution in [2.24, 2.45) is 4.99 Å². The first kappa shape index (κ1) is 21.5. The number of anilines is 1. The average molecular weight is 456 g/mol. The number of pyridine rings is 2. The van der Waals surface area contributed by atoms with E-state index in [0.29, 0.717) is 28.2 Å². The van der Waals surface area contributed by atoms with Crippen molar-refractivity contribution in [1.82, 2.24) is 9.97 Å². The van der Waals surface area contributed by atoms with Gasteiger partial charge in [-0.25, -0.2) is 14.4 Å². The zero-order valence-corrected chi connectivity index (χ0v) is 18.5. The zero-order chi connectivity index (χ0) is 23.8. The van der Waals surface area contributed by atoms with Gasteiger partial charge in [0, 0.05) is 34.5 Å². The highest BCUT2D eigenvalue weighted by molar-refractivity contribution is 6.01. The van der Waals surface area contributed by atoms with E-state index >= 15 is 0 Å². The summed E-state index contributed by atoms with van der Waals surface area (Å²) >= 11 is 0. The maximum atomic E-state index is 14.1. The Morgan fingerprint density at radius 1 is 1.15 bits per heavy atom. The van der Waals surface area contributed by atoms with Crippen LogP contribution in [0.5, 0.6) is 5.88 Å². The van der Waals surface area contributed by atoms with Gasteiger partial charge in [0.15, 0.2) is 0 Å². The molecule has 2 aromatic heterocycles. The Bertz CT molecular complexity index is 1430. The van der Waals surface area contributed by atoms with E-state index in [0.717, 1.165) is 22.3 Å². The predicted octanol–water partition coefficient (Wildman–Crippen LogP) is 5.12. The molecular weight excluding hydrogens is 435 g/mol. The van der Waals surface area contributed by atoms with E-state index in [1.165, 1.54) is 12.1 Å². The zero-order valence-electron chi connectivity index (χ0n) is 18.5. The lowest BCUT2D eigenvalue weighted by atomic mass is 9.96. The summed E-state index contributed by atoms with van der Waals surface area (Å²) in [6, 6.07) is 14.7. The Kier molecular flexibility index (Phi) is 5.41. The lowest BCUT2D eigenvalue weighted by Gasteiger charge is -2.20. The van der Waals surface area contributed by atoms with Crippen LogP contribution in [0.3, 0.4) is 0 Å². The van der Waals surface area contributed by atoms with Crippen LogP contribution in [0.15, 0.2) is 65.8 Å². The Morgan fingerprint density at radius 3 is 2.56 bits per heavy atom. The van der Waals surface area contributed by atoms with Gasteiger partial charge in [-0.1, -0.05) is 24.3 Å². The van der Waals surface area contributed by atoms with Gasteiger partial charge < -0.3 is 15.2 Å². The van der Waals surface area contributed by atoms with Crippen molar-refractivity contribution in [2.45, 2.75) is 19.0 Å². The smallest absolute Gasteiger partial charge is 0.325 e. The van der Waals surface area contributed by atoms with Gasteiger partial charge in [-0.15, -0.1) is 0 Å². The van der Waals surface area contributed by atoms with E-state index in [4.69, 9.17) is 9.72 Å². The number of aromatic nitrogens is 2. The molecule has 0 aliphatic carbocycles. The fraction of sp³-hybridized carbons (Fsp3) is 0.154. The van der Waals surface area contributed by atoms with Gasteiger partial charge >= 0.3 is 5.97 Å². The highest BCUT2D eigenvalue weighted by Crippen LogP contribution is 2.42. The number of aliphatic imine (C=N–C) groups is 1. The van der Waals surface area contributed by atoms with Crippen LogP contribution in [0.2, 0.25) is 0 Å².